The zero-order valence-electron chi connectivity index (χ0n) is 10.5. The summed E-state index contributed by atoms with van der Waals surface area (Å²) in [7, 11) is 0. The van der Waals surface area contributed by atoms with E-state index >= 15 is 0 Å². The molecule has 1 atom stereocenters. The minimum atomic E-state index is 0.250. The summed E-state index contributed by atoms with van der Waals surface area (Å²) in [6.45, 7) is 4.33. The van der Waals surface area contributed by atoms with Crippen LogP contribution in [0.5, 0.6) is 0 Å². The Labute approximate surface area is 99.0 Å². The Morgan fingerprint density at radius 3 is 2.50 bits per heavy atom. The molecule has 1 aliphatic carbocycles. The monoisotopic (exact) mass is 217 g/mol. The van der Waals surface area contributed by atoms with Crippen LogP contribution in [-0.2, 0) is 0 Å². The number of aryl methyl sites for hydroxylation is 2. The van der Waals surface area contributed by atoms with Crippen molar-refractivity contribution in [3.63, 3.8) is 0 Å². The summed E-state index contributed by atoms with van der Waals surface area (Å²) in [5.74, 6) is 0.703. The van der Waals surface area contributed by atoms with Crippen molar-refractivity contribution in [2.24, 2.45) is 11.7 Å². The lowest BCUT2D eigenvalue weighted by atomic mass is 9.80. The highest BCUT2D eigenvalue weighted by atomic mass is 14.7. The van der Waals surface area contributed by atoms with Crippen LogP contribution in [0.25, 0.3) is 0 Å². The average Bonchev–Trinajstić information content (AvgIpc) is 2.32. The maximum Gasteiger partial charge on any atom is 0.0326 e. The van der Waals surface area contributed by atoms with Crippen LogP contribution in [0, 0.1) is 19.8 Å². The molecular weight excluding hydrogens is 194 g/mol. The van der Waals surface area contributed by atoms with E-state index in [0.29, 0.717) is 5.92 Å². The van der Waals surface area contributed by atoms with Crippen LogP contribution < -0.4 is 5.73 Å². The quantitative estimate of drug-likeness (QED) is 0.799. The minimum Gasteiger partial charge on any atom is -0.324 e. The van der Waals surface area contributed by atoms with Crippen LogP contribution in [0.1, 0.15) is 54.8 Å². The summed E-state index contributed by atoms with van der Waals surface area (Å²) < 4.78 is 0. The summed E-state index contributed by atoms with van der Waals surface area (Å²) in [5, 5.41) is 0. The molecule has 1 nitrogen and oxygen atoms in total. The van der Waals surface area contributed by atoms with Gasteiger partial charge in [0.1, 0.15) is 0 Å². The number of nitrogens with two attached hydrogens (primary N) is 1. The largest absolute Gasteiger partial charge is 0.324 e. The van der Waals surface area contributed by atoms with Crippen molar-refractivity contribution in [2.75, 3.05) is 0 Å². The molecule has 0 aromatic heterocycles. The molecule has 0 heterocycles. The molecule has 0 amide bonds. The highest BCUT2D eigenvalue weighted by molar-refractivity contribution is 5.33. The highest BCUT2D eigenvalue weighted by Crippen LogP contribution is 2.34. The Morgan fingerprint density at radius 2 is 1.81 bits per heavy atom. The molecule has 1 saturated carbocycles. The van der Waals surface area contributed by atoms with Crippen LogP contribution in [0.3, 0.4) is 0 Å². The molecule has 2 N–H and O–H groups in total. The van der Waals surface area contributed by atoms with E-state index in [0.717, 1.165) is 0 Å². The van der Waals surface area contributed by atoms with Crippen molar-refractivity contribution in [3.05, 3.63) is 34.9 Å². The van der Waals surface area contributed by atoms with Crippen molar-refractivity contribution in [1.82, 2.24) is 0 Å². The molecule has 1 aromatic carbocycles. The first-order valence-electron chi connectivity index (χ1n) is 6.51. The van der Waals surface area contributed by atoms with Gasteiger partial charge in [-0.25, -0.2) is 0 Å². The lowest BCUT2D eigenvalue weighted by Gasteiger charge is -2.29. The fraction of sp³-hybridized carbons (Fsp3) is 0.600. The minimum absolute atomic E-state index is 0.250. The van der Waals surface area contributed by atoms with E-state index < -0.39 is 0 Å². The van der Waals surface area contributed by atoms with E-state index in [-0.39, 0.29) is 6.04 Å². The Bertz CT molecular complexity index is 350. The third-order valence-electron chi connectivity index (χ3n) is 3.95. The van der Waals surface area contributed by atoms with Gasteiger partial charge in [-0.3, -0.25) is 0 Å². The van der Waals surface area contributed by atoms with Crippen LogP contribution >= 0.6 is 0 Å². The van der Waals surface area contributed by atoms with Crippen molar-refractivity contribution >= 4 is 0 Å². The average molecular weight is 217 g/mol. The second-order valence-electron chi connectivity index (χ2n) is 5.28. The SMILES string of the molecule is Cc1ccc(C)c([C@@H](N)C2CCCCC2)c1. The molecular formula is C15H23N. The van der Waals surface area contributed by atoms with E-state index in [2.05, 4.69) is 32.0 Å². The van der Waals surface area contributed by atoms with Gasteiger partial charge < -0.3 is 5.73 Å². The van der Waals surface area contributed by atoms with Gasteiger partial charge in [0.25, 0.3) is 0 Å². The lowest BCUT2D eigenvalue weighted by molar-refractivity contribution is 0.307. The van der Waals surface area contributed by atoms with Crippen molar-refractivity contribution in [1.29, 1.82) is 0 Å². The van der Waals surface area contributed by atoms with Gasteiger partial charge in [-0.2, -0.15) is 0 Å². The molecule has 1 aromatic rings. The first-order valence-corrected chi connectivity index (χ1v) is 6.51. The Kier molecular flexibility index (Phi) is 3.65. The number of hydrogen-bond acceptors (Lipinski definition) is 1. The molecule has 1 heteroatoms. The third kappa shape index (κ3) is 2.46. The Hall–Kier alpha value is -0.820. The fourth-order valence-corrected chi connectivity index (χ4v) is 2.87. The van der Waals surface area contributed by atoms with Gasteiger partial charge in [0.2, 0.25) is 0 Å². The molecule has 0 unspecified atom stereocenters. The van der Waals surface area contributed by atoms with E-state index in [9.17, 15) is 0 Å². The molecule has 88 valence electrons. The molecule has 0 radical (unpaired) electrons. The topological polar surface area (TPSA) is 26.0 Å². The maximum absolute atomic E-state index is 6.44. The van der Waals surface area contributed by atoms with Gasteiger partial charge in [-0.1, -0.05) is 43.0 Å². The van der Waals surface area contributed by atoms with Crippen LogP contribution in [0.2, 0.25) is 0 Å². The van der Waals surface area contributed by atoms with Crippen molar-refractivity contribution in [2.45, 2.75) is 52.0 Å². The molecule has 1 fully saturated rings. The third-order valence-corrected chi connectivity index (χ3v) is 3.95. The Morgan fingerprint density at radius 1 is 1.12 bits per heavy atom. The second kappa shape index (κ2) is 5.01. The zero-order valence-corrected chi connectivity index (χ0v) is 10.5. The molecule has 0 aliphatic heterocycles. The number of hydrogen-bond donors (Lipinski definition) is 1. The van der Waals surface area contributed by atoms with Gasteiger partial charge >= 0.3 is 0 Å². The maximum atomic E-state index is 6.44. The van der Waals surface area contributed by atoms with E-state index in [1.165, 1.54) is 48.8 Å². The second-order valence-corrected chi connectivity index (χ2v) is 5.28. The van der Waals surface area contributed by atoms with Gasteiger partial charge in [0.05, 0.1) is 0 Å². The smallest absolute Gasteiger partial charge is 0.0326 e. The van der Waals surface area contributed by atoms with Crippen molar-refractivity contribution in [3.8, 4) is 0 Å². The Balaban J connectivity index is 2.18. The lowest BCUT2D eigenvalue weighted by Crippen LogP contribution is -2.24. The van der Waals surface area contributed by atoms with Crippen LogP contribution in [0.4, 0.5) is 0 Å². The molecule has 2 rings (SSSR count). The van der Waals surface area contributed by atoms with Gasteiger partial charge in [0.15, 0.2) is 0 Å². The summed E-state index contributed by atoms with van der Waals surface area (Å²) >= 11 is 0. The van der Waals surface area contributed by atoms with Crippen LogP contribution in [0.15, 0.2) is 18.2 Å². The number of rotatable bonds is 2. The molecule has 1 aliphatic rings. The van der Waals surface area contributed by atoms with Gasteiger partial charge in [-0.05, 0) is 43.7 Å². The van der Waals surface area contributed by atoms with Crippen LogP contribution in [-0.4, -0.2) is 0 Å². The molecule has 16 heavy (non-hydrogen) atoms. The highest BCUT2D eigenvalue weighted by Gasteiger charge is 2.22. The molecule has 0 saturated heterocycles. The summed E-state index contributed by atoms with van der Waals surface area (Å²) in [5.41, 5.74) is 10.5. The zero-order chi connectivity index (χ0) is 11.5. The van der Waals surface area contributed by atoms with Gasteiger partial charge in [-0.15, -0.1) is 0 Å². The molecule has 0 spiro atoms. The predicted molar refractivity (Wildman–Crippen MR) is 69.4 cm³/mol. The first kappa shape index (κ1) is 11.7. The van der Waals surface area contributed by atoms with Crippen molar-refractivity contribution < 1.29 is 0 Å². The number of benzene rings is 1. The fourth-order valence-electron chi connectivity index (χ4n) is 2.87. The van der Waals surface area contributed by atoms with E-state index in [4.69, 9.17) is 5.73 Å². The predicted octanol–water partition coefficient (Wildman–Crippen LogP) is 3.88. The summed E-state index contributed by atoms with van der Waals surface area (Å²) in [6.07, 6.45) is 6.76. The standard InChI is InChI=1S/C15H23N/c1-11-8-9-12(2)14(10-11)15(16)13-6-4-3-5-7-13/h8-10,13,15H,3-7,16H2,1-2H3/t15-/m0/s1. The summed E-state index contributed by atoms with van der Waals surface area (Å²) in [4.78, 5) is 0. The van der Waals surface area contributed by atoms with E-state index in [1.807, 2.05) is 0 Å². The first-order chi connectivity index (χ1) is 7.68. The van der Waals surface area contributed by atoms with E-state index in [1.54, 1.807) is 0 Å². The molecule has 0 bridgehead atoms. The normalized spacial score (nSPS) is 19.7. The summed E-state index contributed by atoms with van der Waals surface area (Å²) in [6, 6.07) is 6.90. The van der Waals surface area contributed by atoms with Gasteiger partial charge in [0, 0.05) is 6.04 Å².